The molecule has 6 nitrogen and oxygen atoms in total. The summed E-state index contributed by atoms with van der Waals surface area (Å²) >= 11 is 0. The van der Waals surface area contributed by atoms with Gasteiger partial charge in [-0.25, -0.2) is 4.79 Å². The van der Waals surface area contributed by atoms with Crippen molar-refractivity contribution in [2.24, 2.45) is 0 Å². The molecule has 0 bridgehead atoms. The average Bonchev–Trinajstić information content (AvgIpc) is 2.62. The van der Waals surface area contributed by atoms with Crippen molar-refractivity contribution in [1.29, 1.82) is 0 Å². The number of anilines is 1. The number of rotatable bonds is 8. The van der Waals surface area contributed by atoms with Gasteiger partial charge in [0, 0.05) is 25.3 Å². The molecule has 6 heteroatoms. The van der Waals surface area contributed by atoms with E-state index in [1.54, 1.807) is 24.3 Å². The molecule has 0 heterocycles. The van der Waals surface area contributed by atoms with Crippen LogP contribution in [0.3, 0.4) is 0 Å². The summed E-state index contributed by atoms with van der Waals surface area (Å²) in [4.78, 5) is 12.4. The first kappa shape index (κ1) is 19.8. The Kier molecular flexibility index (Phi) is 7.44. The summed E-state index contributed by atoms with van der Waals surface area (Å²) in [5.74, 6) is 0.117. The lowest BCUT2D eigenvalue weighted by Gasteiger charge is -2.27. The Morgan fingerprint density at radius 1 is 1.12 bits per heavy atom. The summed E-state index contributed by atoms with van der Waals surface area (Å²) in [5, 5.41) is 21.5. The van der Waals surface area contributed by atoms with Crippen molar-refractivity contribution in [3.8, 4) is 5.75 Å². The van der Waals surface area contributed by atoms with E-state index in [0.29, 0.717) is 24.3 Å². The standard InChI is InChI=1S/C20H25NO5/c1-3-25-18(12-13-22)19(15-6-10-17(23)11-7-15)26-20(24)21-16-8-4-14(2)5-9-16/h4-11,18-19,22-23H,3,12-13H2,1-2H3,(H,21,24)/t18-,19-/m0/s1. The number of hydrogen-bond donors (Lipinski definition) is 3. The van der Waals surface area contributed by atoms with Gasteiger partial charge in [-0.3, -0.25) is 5.32 Å². The van der Waals surface area contributed by atoms with Crippen LogP contribution in [0.4, 0.5) is 10.5 Å². The lowest BCUT2D eigenvalue weighted by Crippen LogP contribution is -2.29. The lowest BCUT2D eigenvalue weighted by atomic mass is 10.0. The van der Waals surface area contributed by atoms with Crippen LogP contribution in [0.5, 0.6) is 5.75 Å². The minimum Gasteiger partial charge on any atom is -0.508 e. The van der Waals surface area contributed by atoms with Crippen molar-refractivity contribution in [3.05, 3.63) is 59.7 Å². The Morgan fingerprint density at radius 2 is 1.77 bits per heavy atom. The largest absolute Gasteiger partial charge is 0.508 e. The predicted molar refractivity (Wildman–Crippen MR) is 99.2 cm³/mol. The number of carbonyl (C=O) groups excluding carboxylic acids is 1. The molecular weight excluding hydrogens is 334 g/mol. The monoisotopic (exact) mass is 359 g/mol. The number of nitrogens with one attached hydrogen (secondary N) is 1. The number of ether oxygens (including phenoxy) is 2. The maximum atomic E-state index is 12.4. The highest BCUT2D eigenvalue weighted by molar-refractivity contribution is 5.84. The zero-order valence-corrected chi connectivity index (χ0v) is 15.0. The Bertz CT molecular complexity index is 678. The molecule has 0 spiro atoms. The molecular formula is C20H25NO5. The molecule has 0 radical (unpaired) electrons. The second-order valence-corrected chi connectivity index (χ2v) is 5.91. The van der Waals surface area contributed by atoms with Gasteiger partial charge >= 0.3 is 6.09 Å². The normalized spacial score (nSPS) is 13.0. The molecule has 0 aliphatic carbocycles. The number of hydrogen-bond acceptors (Lipinski definition) is 5. The quantitative estimate of drug-likeness (QED) is 0.668. The Hall–Kier alpha value is -2.57. The molecule has 1 amide bonds. The molecule has 140 valence electrons. The van der Waals surface area contributed by atoms with Gasteiger partial charge in [0.15, 0.2) is 6.10 Å². The van der Waals surface area contributed by atoms with Crippen molar-refractivity contribution in [3.63, 3.8) is 0 Å². The molecule has 0 aliphatic rings. The second-order valence-electron chi connectivity index (χ2n) is 5.91. The van der Waals surface area contributed by atoms with E-state index in [-0.39, 0.29) is 12.4 Å². The van der Waals surface area contributed by atoms with Crippen LogP contribution in [-0.2, 0) is 9.47 Å². The van der Waals surface area contributed by atoms with Crippen LogP contribution in [0.25, 0.3) is 0 Å². The van der Waals surface area contributed by atoms with Gasteiger partial charge in [0.2, 0.25) is 0 Å². The molecule has 2 aromatic carbocycles. The van der Waals surface area contributed by atoms with Gasteiger partial charge in [-0.1, -0.05) is 29.8 Å². The Balaban J connectivity index is 2.17. The first-order valence-electron chi connectivity index (χ1n) is 8.59. The van der Waals surface area contributed by atoms with Crippen LogP contribution in [0.2, 0.25) is 0 Å². The minimum atomic E-state index is -0.715. The van der Waals surface area contributed by atoms with E-state index in [4.69, 9.17) is 9.47 Å². The van der Waals surface area contributed by atoms with E-state index < -0.39 is 18.3 Å². The van der Waals surface area contributed by atoms with Crippen molar-refractivity contribution >= 4 is 11.8 Å². The van der Waals surface area contributed by atoms with Crippen molar-refractivity contribution in [2.75, 3.05) is 18.5 Å². The number of aromatic hydroxyl groups is 1. The summed E-state index contributed by atoms with van der Waals surface area (Å²) < 4.78 is 11.3. The maximum Gasteiger partial charge on any atom is 0.412 e. The summed E-state index contributed by atoms with van der Waals surface area (Å²) in [6, 6.07) is 13.7. The van der Waals surface area contributed by atoms with Gasteiger partial charge in [0.05, 0.1) is 0 Å². The van der Waals surface area contributed by atoms with Crippen LogP contribution < -0.4 is 5.32 Å². The zero-order chi connectivity index (χ0) is 18.9. The molecule has 26 heavy (non-hydrogen) atoms. The number of amides is 1. The maximum absolute atomic E-state index is 12.4. The number of aliphatic hydroxyl groups is 1. The fourth-order valence-corrected chi connectivity index (χ4v) is 2.59. The third-order valence-electron chi connectivity index (χ3n) is 3.89. The highest BCUT2D eigenvalue weighted by Gasteiger charge is 2.27. The molecule has 2 atom stereocenters. The van der Waals surface area contributed by atoms with Crippen molar-refractivity contribution in [1.82, 2.24) is 0 Å². The molecule has 0 aromatic heterocycles. The summed E-state index contributed by atoms with van der Waals surface area (Å²) in [5.41, 5.74) is 2.39. The molecule has 3 N–H and O–H groups in total. The van der Waals surface area contributed by atoms with E-state index in [1.807, 2.05) is 26.0 Å². The number of carbonyl (C=O) groups is 1. The number of benzene rings is 2. The van der Waals surface area contributed by atoms with Gasteiger partial charge in [0.1, 0.15) is 11.9 Å². The van der Waals surface area contributed by atoms with E-state index in [1.165, 1.54) is 12.1 Å². The Morgan fingerprint density at radius 3 is 2.35 bits per heavy atom. The second kappa shape index (κ2) is 9.79. The fourth-order valence-electron chi connectivity index (χ4n) is 2.59. The fraction of sp³-hybridized carbons (Fsp3) is 0.350. The van der Waals surface area contributed by atoms with Crippen LogP contribution in [-0.4, -0.2) is 35.6 Å². The minimum absolute atomic E-state index is 0.0950. The van der Waals surface area contributed by atoms with Crippen LogP contribution in [0.15, 0.2) is 48.5 Å². The molecule has 0 saturated carbocycles. The third-order valence-corrected chi connectivity index (χ3v) is 3.89. The highest BCUT2D eigenvalue weighted by Crippen LogP contribution is 2.28. The van der Waals surface area contributed by atoms with E-state index in [9.17, 15) is 15.0 Å². The molecule has 2 aromatic rings. The smallest absolute Gasteiger partial charge is 0.412 e. The number of phenols is 1. The van der Waals surface area contributed by atoms with E-state index >= 15 is 0 Å². The predicted octanol–water partition coefficient (Wildman–Crippen LogP) is 3.78. The summed E-state index contributed by atoms with van der Waals surface area (Å²) in [6.07, 6.45) is -1.52. The molecule has 0 aliphatic heterocycles. The summed E-state index contributed by atoms with van der Waals surface area (Å²) in [6.45, 7) is 4.12. The first-order valence-corrected chi connectivity index (χ1v) is 8.59. The Labute approximate surface area is 153 Å². The van der Waals surface area contributed by atoms with Gasteiger partial charge in [0.25, 0.3) is 0 Å². The third kappa shape index (κ3) is 5.75. The van der Waals surface area contributed by atoms with Crippen molar-refractivity contribution < 1.29 is 24.5 Å². The average molecular weight is 359 g/mol. The molecule has 2 rings (SSSR count). The molecule has 0 unspecified atom stereocenters. The van der Waals surface area contributed by atoms with E-state index in [2.05, 4.69) is 5.32 Å². The molecule has 0 saturated heterocycles. The zero-order valence-electron chi connectivity index (χ0n) is 15.0. The molecule has 0 fully saturated rings. The van der Waals surface area contributed by atoms with Crippen LogP contribution >= 0.6 is 0 Å². The lowest BCUT2D eigenvalue weighted by molar-refractivity contribution is -0.0484. The van der Waals surface area contributed by atoms with Gasteiger partial charge in [-0.05, 0) is 43.7 Å². The number of aliphatic hydroxyl groups excluding tert-OH is 1. The van der Waals surface area contributed by atoms with Gasteiger partial charge < -0.3 is 19.7 Å². The van der Waals surface area contributed by atoms with Crippen LogP contribution in [0.1, 0.15) is 30.6 Å². The first-order chi connectivity index (χ1) is 12.5. The van der Waals surface area contributed by atoms with E-state index in [0.717, 1.165) is 5.56 Å². The van der Waals surface area contributed by atoms with Gasteiger partial charge in [-0.2, -0.15) is 0 Å². The number of phenolic OH excluding ortho intramolecular Hbond substituents is 1. The summed E-state index contributed by atoms with van der Waals surface area (Å²) in [7, 11) is 0. The number of aryl methyl sites for hydroxylation is 1. The van der Waals surface area contributed by atoms with Crippen molar-refractivity contribution in [2.45, 2.75) is 32.5 Å². The SMILES string of the molecule is CCO[C@@H](CCO)[C@@H](OC(=O)Nc1ccc(C)cc1)c1ccc(O)cc1. The van der Waals surface area contributed by atoms with Gasteiger partial charge in [-0.15, -0.1) is 0 Å². The topological polar surface area (TPSA) is 88.0 Å². The van der Waals surface area contributed by atoms with Crippen LogP contribution in [0, 0.1) is 6.92 Å². The highest BCUT2D eigenvalue weighted by atomic mass is 16.6.